The fourth-order valence-corrected chi connectivity index (χ4v) is 3.78. The predicted octanol–water partition coefficient (Wildman–Crippen LogP) is 3.15. The zero-order chi connectivity index (χ0) is 20.3. The lowest BCUT2D eigenvalue weighted by Gasteiger charge is -2.20. The Morgan fingerprint density at radius 3 is 2.50 bits per heavy atom. The molecule has 0 aromatic heterocycles. The van der Waals surface area contributed by atoms with Crippen molar-refractivity contribution < 1.29 is 17.9 Å². The molecule has 7 nitrogen and oxygen atoms in total. The van der Waals surface area contributed by atoms with Crippen LogP contribution in [-0.2, 0) is 14.8 Å². The lowest BCUT2D eigenvalue weighted by atomic mass is 9.97. The maximum absolute atomic E-state index is 12.2. The average molecular weight is 401 g/mol. The molecule has 0 fully saturated rings. The molecule has 28 heavy (non-hydrogen) atoms. The highest BCUT2D eigenvalue weighted by Crippen LogP contribution is 2.35. The third-order valence-electron chi connectivity index (χ3n) is 4.34. The number of benzene rings is 2. The van der Waals surface area contributed by atoms with Gasteiger partial charge in [0.05, 0.1) is 30.3 Å². The lowest BCUT2D eigenvalue weighted by Crippen LogP contribution is -2.24. The zero-order valence-corrected chi connectivity index (χ0v) is 16.9. The molecule has 2 aromatic rings. The normalized spacial score (nSPS) is 16.6. The van der Waals surface area contributed by atoms with Crippen LogP contribution in [0.4, 0.5) is 5.69 Å². The summed E-state index contributed by atoms with van der Waals surface area (Å²) in [5.41, 5.74) is 2.69. The molecule has 1 aliphatic rings. The number of hydrazone groups is 1. The number of nitrogens with one attached hydrogen (secondary N) is 1. The fraction of sp³-hybridized carbons (Fsp3) is 0.300. The van der Waals surface area contributed by atoms with E-state index in [1.165, 1.54) is 11.9 Å². The highest BCUT2D eigenvalue weighted by Gasteiger charge is 2.32. The zero-order valence-electron chi connectivity index (χ0n) is 16.0. The number of rotatable bonds is 6. The quantitative estimate of drug-likeness (QED) is 0.805. The van der Waals surface area contributed by atoms with Crippen molar-refractivity contribution in [2.45, 2.75) is 26.3 Å². The summed E-state index contributed by atoms with van der Waals surface area (Å²) in [6, 6.07) is 14.4. The van der Waals surface area contributed by atoms with Gasteiger partial charge in [0, 0.05) is 18.9 Å². The van der Waals surface area contributed by atoms with E-state index in [0.29, 0.717) is 30.0 Å². The summed E-state index contributed by atoms with van der Waals surface area (Å²) in [5, 5.41) is 5.95. The van der Waals surface area contributed by atoms with Crippen molar-refractivity contribution >= 4 is 27.3 Å². The molecule has 0 saturated carbocycles. The first kappa shape index (κ1) is 19.9. The fourth-order valence-electron chi connectivity index (χ4n) is 3.20. The van der Waals surface area contributed by atoms with Crippen LogP contribution in [0.1, 0.15) is 37.4 Å². The number of amides is 1. The van der Waals surface area contributed by atoms with Gasteiger partial charge >= 0.3 is 0 Å². The van der Waals surface area contributed by atoms with Gasteiger partial charge in [-0.15, -0.1) is 0 Å². The van der Waals surface area contributed by atoms with Crippen molar-refractivity contribution in [1.29, 1.82) is 0 Å². The van der Waals surface area contributed by atoms with Crippen LogP contribution in [0.5, 0.6) is 5.75 Å². The van der Waals surface area contributed by atoms with Crippen molar-refractivity contribution in [3.8, 4) is 5.75 Å². The summed E-state index contributed by atoms with van der Waals surface area (Å²) >= 11 is 0. The summed E-state index contributed by atoms with van der Waals surface area (Å²) in [6.45, 7) is 3.97. The second-order valence-corrected chi connectivity index (χ2v) is 8.30. The molecule has 1 atom stereocenters. The van der Waals surface area contributed by atoms with Crippen LogP contribution in [-0.4, -0.2) is 37.9 Å². The van der Waals surface area contributed by atoms with Gasteiger partial charge < -0.3 is 4.74 Å². The Kier molecular flexibility index (Phi) is 5.69. The van der Waals surface area contributed by atoms with Crippen LogP contribution in [0.3, 0.4) is 0 Å². The van der Waals surface area contributed by atoms with E-state index in [1.54, 1.807) is 18.2 Å². The van der Waals surface area contributed by atoms with E-state index in [2.05, 4.69) is 9.82 Å². The molecule has 148 valence electrons. The largest absolute Gasteiger partial charge is 0.494 e. The van der Waals surface area contributed by atoms with Crippen LogP contribution in [0.2, 0.25) is 0 Å². The van der Waals surface area contributed by atoms with E-state index in [-0.39, 0.29) is 11.9 Å². The van der Waals surface area contributed by atoms with Crippen molar-refractivity contribution in [2.24, 2.45) is 5.10 Å². The Balaban J connectivity index is 1.93. The summed E-state index contributed by atoms with van der Waals surface area (Å²) < 4.78 is 31.4. The summed E-state index contributed by atoms with van der Waals surface area (Å²) in [5.74, 6) is 0.588. The number of hydrogen-bond donors (Lipinski definition) is 1. The number of nitrogens with zero attached hydrogens (tertiary/aromatic N) is 2. The van der Waals surface area contributed by atoms with E-state index in [4.69, 9.17) is 4.74 Å². The smallest absolute Gasteiger partial charge is 0.240 e. The molecular weight excluding hydrogens is 378 g/mol. The first-order chi connectivity index (χ1) is 13.3. The Bertz CT molecular complexity index is 1000. The van der Waals surface area contributed by atoms with Gasteiger partial charge in [-0.05, 0) is 30.7 Å². The predicted molar refractivity (Wildman–Crippen MR) is 109 cm³/mol. The molecular formula is C20H23N3O4S. The minimum atomic E-state index is -3.43. The van der Waals surface area contributed by atoms with Gasteiger partial charge in [0.25, 0.3) is 0 Å². The maximum Gasteiger partial charge on any atom is 0.240 e. The number of hydrogen-bond acceptors (Lipinski definition) is 5. The molecule has 0 bridgehead atoms. The minimum Gasteiger partial charge on any atom is -0.494 e. The Morgan fingerprint density at radius 2 is 1.89 bits per heavy atom. The molecule has 0 radical (unpaired) electrons. The molecule has 0 spiro atoms. The van der Waals surface area contributed by atoms with Gasteiger partial charge in [0.15, 0.2) is 0 Å². The van der Waals surface area contributed by atoms with Crippen LogP contribution < -0.4 is 9.46 Å². The Hall–Kier alpha value is -2.87. The molecule has 1 aliphatic heterocycles. The molecule has 8 heteroatoms. The third kappa shape index (κ3) is 4.51. The summed E-state index contributed by atoms with van der Waals surface area (Å²) in [7, 11) is -3.43. The van der Waals surface area contributed by atoms with E-state index in [0.717, 1.165) is 17.6 Å². The second kappa shape index (κ2) is 8.02. The number of para-hydroxylation sites is 1. The molecule has 0 saturated heterocycles. The van der Waals surface area contributed by atoms with Crippen LogP contribution in [0.25, 0.3) is 0 Å². The van der Waals surface area contributed by atoms with Gasteiger partial charge in [0.2, 0.25) is 15.9 Å². The van der Waals surface area contributed by atoms with Gasteiger partial charge in [0.1, 0.15) is 5.75 Å². The molecule has 3 rings (SSSR count). The monoisotopic (exact) mass is 401 g/mol. The number of carbonyl (C=O) groups excluding carboxylic acids is 1. The highest BCUT2D eigenvalue weighted by molar-refractivity contribution is 7.92. The van der Waals surface area contributed by atoms with Gasteiger partial charge in [-0.25, -0.2) is 13.4 Å². The molecule has 0 unspecified atom stereocenters. The first-order valence-corrected chi connectivity index (χ1v) is 10.8. The van der Waals surface area contributed by atoms with Crippen LogP contribution in [0.15, 0.2) is 53.6 Å². The average Bonchev–Trinajstić information content (AvgIpc) is 3.07. The maximum atomic E-state index is 12.2. The molecule has 1 heterocycles. The molecule has 1 N–H and O–H groups in total. The minimum absolute atomic E-state index is 0.178. The standard InChI is InChI=1S/C20H23N3O4S/c1-4-27-16-11-9-15(10-12-16)20-13-19(21-23(20)14(2)24)17-7-5-6-8-18(17)22-28(3,25)26/h5-12,20,22H,4,13H2,1-3H3/t20-/m1/s1. The Labute approximate surface area is 165 Å². The topological polar surface area (TPSA) is 88.1 Å². The molecule has 1 amide bonds. The SMILES string of the molecule is CCOc1ccc([C@H]2CC(c3ccccc3NS(C)(=O)=O)=NN2C(C)=O)cc1. The second-order valence-electron chi connectivity index (χ2n) is 6.55. The van der Waals surface area contributed by atoms with Crippen LogP contribution >= 0.6 is 0 Å². The van der Waals surface area contributed by atoms with Crippen molar-refractivity contribution in [2.75, 3.05) is 17.6 Å². The number of anilines is 1. The van der Waals surface area contributed by atoms with Gasteiger partial charge in [-0.1, -0.05) is 30.3 Å². The van der Waals surface area contributed by atoms with E-state index < -0.39 is 10.0 Å². The Morgan fingerprint density at radius 1 is 1.21 bits per heavy atom. The molecule has 0 aliphatic carbocycles. The van der Waals surface area contributed by atoms with E-state index in [1.807, 2.05) is 37.3 Å². The highest BCUT2D eigenvalue weighted by atomic mass is 32.2. The summed E-state index contributed by atoms with van der Waals surface area (Å²) in [6.07, 6.45) is 1.58. The lowest BCUT2D eigenvalue weighted by molar-refractivity contribution is -0.130. The van der Waals surface area contributed by atoms with E-state index in [9.17, 15) is 13.2 Å². The summed E-state index contributed by atoms with van der Waals surface area (Å²) in [4.78, 5) is 12.2. The molecule has 2 aromatic carbocycles. The van der Waals surface area contributed by atoms with Crippen molar-refractivity contribution in [1.82, 2.24) is 5.01 Å². The first-order valence-electron chi connectivity index (χ1n) is 8.95. The third-order valence-corrected chi connectivity index (χ3v) is 4.93. The van der Waals surface area contributed by atoms with Gasteiger partial charge in [-0.2, -0.15) is 5.10 Å². The van der Waals surface area contributed by atoms with Crippen molar-refractivity contribution in [3.63, 3.8) is 0 Å². The van der Waals surface area contributed by atoms with Crippen molar-refractivity contribution in [3.05, 3.63) is 59.7 Å². The number of ether oxygens (including phenoxy) is 1. The van der Waals surface area contributed by atoms with Crippen LogP contribution in [0, 0.1) is 0 Å². The van der Waals surface area contributed by atoms with Gasteiger partial charge in [-0.3, -0.25) is 9.52 Å². The van der Waals surface area contributed by atoms with E-state index >= 15 is 0 Å². The number of sulfonamides is 1. The number of carbonyl (C=O) groups is 1.